The highest BCUT2D eigenvalue weighted by atomic mass is 16.9. The predicted molar refractivity (Wildman–Crippen MR) is 68.2 cm³/mol. The van der Waals surface area contributed by atoms with Crippen LogP contribution in [-0.2, 0) is 40.0 Å². The van der Waals surface area contributed by atoms with E-state index in [1.807, 2.05) is 24.3 Å². The molecule has 112 valence electrons. The molecule has 3 saturated heterocycles. The van der Waals surface area contributed by atoms with Crippen LogP contribution in [0.15, 0.2) is 24.3 Å². The Bertz CT molecular complexity index is 522. The SMILES string of the molecule is c1ccc2c(c1)C1(OCCO1)C1(OCCO1)C21OCCO1. The first kappa shape index (κ1) is 12.5. The van der Waals surface area contributed by atoms with Crippen molar-refractivity contribution >= 4 is 0 Å². The first-order chi connectivity index (χ1) is 10.3. The third kappa shape index (κ3) is 1.22. The van der Waals surface area contributed by atoms with Gasteiger partial charge in [0.25, 0.3) is 17.4 Å². The molecule has 0 bridgehead atoms. The molecule has 4 aliphatic rings. The monoisotopic (exact) mass is 292 g/mol. The average molecular weight is 292 g/mol. The van der Waals surface area contributed by atoms with Crippen LogP contribution in [0, 0.1) is 0 Å². The zero-order valence-corrected chi connectivity index (χ0v) is 11.5. The van der Waals surface area contributed by atoms with Gasteiger partial charge in [-0.3, -0.25) is 0 Å². The van der Waals surface area contributed by atoms with Crippen molar-refractivity contribution in [2.24, 2.45) is 0 Å². The zero-order valence-electron chi connectivity index (χ0n) is 11.5. The fourth-order valence-corrected chi connectivity index (χ4v) is 3.94. The molecule has 0 amide bonds. The van der Waals surface area contributed by atoms with E-state index < -0.39 is 17.4 Å². The molecule has 3 fully saturated rings. The summed E-state index contributed by atoms with van der Waals surface area (Å²) in [5, 5.41) is 0. The van der Waals surface area contributed by atoms with Crippen molar-refractivity contribution < 1.29 is 28.4 Å². The molecule has 1 aromatic carbocycles. The minimum atomic E-state index is -1.24. The topological polar surface area (TPSA) is 55.4 Å². The molecule has 0 atom stereocenters. The number of hydrogen-bond donors (Lipinski definition) is 0. The molecule has 0 saturated carbocycles. The number of rotatable bonds is 0. The van der Waals surface area contributed by atoms with Gasteiger partial charge in [-0.25, -0.2) is 0 Å². The lowest BCUT2D eigenvalue weighted by molar-refractivity contribution is -0.437. The van der Waals surface area contributed by atoms with Crippen molar-refractivity contribution in [3.8, 4) is 0 Å². The normalized spacial score (nSPS) is 30.7. The molecule has 0 N–H and O–H groups in total. The maximum Gasteiger partial charge on any atom is 0.289 e. The van der Waals surface area contributed by atoms with Crippen LogP contribution in [0.3, 0.4) is 0 Å². The van der Waals surface area contributed by atoms with E-state index in [9.17, 15) is 0 Å². The van der Waals surface area contributed by atoms with Gasteiger partial charge in [0.1, 0.15) is 0 Å². The predicted octanol–water partition coefficient (Wildman–Crippen LogP) is 0.842. The number of benzene rings is 1. The first-order valence-electron chi connectivity index (χ1n) is 7.28. The molecule has 6 heteroatoms. The van der Waals surface area contributed by atoms with Crippen LogP contribution in [-0.4, -0.2) is 45.4 Å². The van der Waals surface area contributed by atoms with Gasteiger partial charge >= 0.3 is 0 Å². The second-order valence-corrected chi connectivity index (χ2v) is 5.49. The van der Waals surface area contributed by atoms with Crippen molar-refractivity contribution in [2.75, 3.05) is 39.6 Å². The summed E-state index contributed by atoms with van der Waals surface area (Å²) >= 11 is 0. The van der Waals surface area contributed by atoms with E-state index in [1.165, 1.54) is 0 Å². The first-order valence-corrected chi connectivity index (χ1v) is 7.28. The molecule has 0 radical (unpaired) electrons. The number of hydrogen-bond acceptors (Lipinski definition) is 6. The summed E-state index contributed by atoms with van der Waals surface area (Å²) in [6.07, 6.45) is 0. The summed E-state index contributed by atoms with van der Waals surface area (Å²) in [5.41, 5.74) is 1.73. The molecule has 3 aliphatic heterocycles. The fraction of sp³-hybridized carbons (Fsp3) is 0.600. The Labute approximate surface area is 121 Å². The van der Waals surface area contributed by atoms with E-state index in [4.69, 9.17) is 28.4 Å². The molecule has 1 aromatic rings. The smallest absolute Gasteiger partial charge is 0.289 e. The standard InChI is InChI=1S/C15H16O6/c1-2-4-12-11(3-1)13(16-5-6-17-13)15(20-9-10-21-15)14(12)18-7-8-19-14/h1-4H,5-10H2. The third-order valence-corrected chi connectivity index (χ3v) is 4.58. The zero-order chi connectivity index (χ0) is 14.0. The van der Waals surface area contributed by atoms with E-state index in [0.29, 0.717) is 39.6 Å². The molecule has 5 rings (SSSR count). The molecule has 21 heavy (non-hydrogen) atoms. The van der Waals surface area contributed by atoms with Gasteiger partial charge in [0.2, 0.25) is 0 Å². The lowest BCUT2D eigenvalue weighted by Crippen LogP contribution is -2.61. The molecule has 3 spiro atoms. The van der Waals surface area contributed by atoms with Crippen molar-refractivity contribution in [3.05, 3.63) is 35.4 Å². The van der Waals surface area contributed by atoms with Gasteiger partial charge in [-0.2, -0.15) is 0 Å². The van der Waals surface area contributed by atoms with Crippen LogP contribution in [0.5, 0.6) is 0 Å². The largest absolute Gasteiger partial charge is 0.339 e. The average Bonchev–Trinajstić information content (AvgIpc) is 3.28. The van der Waals surface area contributed by atoms with E-state index in [2.05, 4.69) is 0 Å². The molecule has 0 aromatic heterocycles. The van der Waals surface area contributed by atoms with Gasteiger partial charge in [0.15, 0.2) is 0 Å². The van der Waals surface area contributed by atoms with E-state index in [1.54, 1.807) is 0 Å². The van der Waals surface area contributed by atoms with Crippen LogP contribution < -0.4 is 0 Å². The molecule has 3 heterocycles. The number of fused-ring (bicyclic) bond motifs is 5. The van der Waals surface area contributed by atoms with Gasteiger partial charge in [0, 0.05) is 11.1 Å². The van der Waals surface area contributed by atoms with Crippen molar-refractivity contribution in [1.82, 2.24) is 0 Å². The Hall–Kier alpha value is -1.02. The van der Waals surface area contributed by atoms with Gasteiger partial charge in [-0.05, 0) is 0 Å². The Morgan fingerprint density at radius 1 is 0.571 bits per heavy atom. The van der Waals surface area contributed by atoms with E-state index in [0.717, 1.165) is 11.1 Å². The third-order valence-electron chi connectivity index (χ3n) is 4.58. The summed E-state index contributed by atoms with van der Waals surface area (Å²) < 4.78 is 36.2. The molecular weight excluding hydrogens is 276 g/mol. The van der Waals surface area contributed by atoms with Gasteiger partial charge in [-0.1, -0.05) is 24.3 Å². The molecular formula is C15H16O6. The van der Waals surface area contributed by atoms with Crippen LogP contribution in [0.1, 0.15) is 11.1 Å². The maximum atomic E-state index is 6.04. The quantitative estimate of drug-likeness (QED) is 0.706. The summed E-state index contributed by atoms with van der Waals surface area (Å²) in [4.78, 5) is 0. The minimum absolute atomic E-state index is 0.455. The Morgan fingerprint density at radius 2 is 0.952 bits per heavy atom. The Morgan fingerprint density at radius 3 is 1.38 bits per heavy atom. The molecule has 0 unspecified atom stereocenters. The van der Waals surface area contributed by atoms with Crippen molar-refractivity contribution in [3.63, 3.8) is 0 Å². The molecule has 1 aliphatic carbocycles. The molecule has 6 nitrogen and oxygen atoms in total. The van der Waals surface area contributed by atoms with Crippen LogP contribution in [0.25, 0.3) is 0 Å². The summed E-state index contributed by atoms with van der Waals surface area (Å²) in [6.45, 7) is 2.85. The highest BCUT2D eigenvalue weighted by Gasteiger charge is 2.81. The van der Waals surface area contributed by atoms with Crippen LogP contribution in [0.2, 0.25) is 0 Å². The van der Waals surface area contributed by atoms with Gasteiger partial charge in [-0.15, -0.1) is 0 Å². The fourth-order valence-electron chi connectivity index (χ4n) is 3.94. The highest BCUT2D eigenvalue weighted by Crippen LogP contribution is 2.64. The summed E-state index contributed by atoms with van der Waals surface area (Å²) in [7, 11) is 0. The lowest BCUT2D eigenvalue weighted by atomic mass is 10.0. The van der Waals surface area contributed by atoms with Gasteiger partial charge < -0.3 is 28.4 Å². The summed E-state index contributed by atoms with van der Waals surface area (Å²) in [6, 6.07) is 7.82. The second-order valence-electron chi connectivity index (χ2n) is 5.49. The van der Waals surface area contributed by atoms with E-state index >= 15 is 0 Å². The second kappa shape index (κ2) is 4.04. The van der Waals surface area contributed by atoms with Crippen LogP contribution in [0.4, 0.5) is 0 Å². The van der Waals surface area contributed by atoms with Crippen molar-refractivity contribution in [2.45, 2.75) is 17.4 Å². The summed E-state index contributed by atoms with van der Waals surface area (Å²) in [5.74, 6) is -3.48. The number of ether oxygens (including phenoxy) is 6. The van der Waals surface area contributed by atoms with Gasteiger partial charge in [0.05, 0.1) is 39.6 Å². The minimum Gasteiger partial charge on any atom is -0.339 e. The van der Waals surface area contributed by atoms with E-state index in [-0.39, 0.29) is 0 Å². The van der Waals surface area contributed by atoms with Crippen LogP contribution >= 0.6 is 0 Å². The Balaban J connectivity index is 1.82. The lowest BCUT2D eigenvalue weighted by Gasteiger charge is -2.43. The maximum absolute atomic E-state index is 6.04. The van der Waals surface area contributed by atoms with Crippen molar-refractivity contribution in [1.29, 1.82) is 0 Å². The highest BCUT2D eigenvalue weighted by molar-refractivity contribution is 5.46. The Kier molecular flexibility index (Phi) is 2.41.